The molecule has 2 N–H and O–H groups in total. The fourth-order valence-corrected chi connectivity index (χ4v) is 2.64. The third-order valence-corrected chi connectivity index (χ3v) is 4.14. The molecule has 0 radical (unpaired) electrons. The van der Waals surface area contributed by atoms with Gasteiger partial charge in [-0.1, -0.05) is 23.7 Å². The summed E-state index contributed by atoms with van der Waals surface area (Å²) in [5, 5.41) is 4.54. The molecule has 10 heteroatoms. The van der Waals surface area contributed by atoms with Gasteiger partial charge >= 0.3 is 12.2 Å². The van der Waals surface area contributed by atoms with E-state index in [1.54, 1.807) is 0 Å². The Morgan fingerprint density at radius 2 is 1.65 bits per heavy atom. The molecular formula is C16H11Cl3F4N2O. The number of anilines is 1. The third-order valence-electron chi connectivity index (χ3n) is 3.31. The van der Waals surface area contributed by atoms with Crippen molar-refractivity contribution >= 4 is 46.5 Å². The summed E-state index contributed by atoms with van der Waals surface area (Å²) in [6, 6.07) is 5.75. The summed E-state index contributed by atoms with van der Waals surface area (Å²) >= 11 is 17.5. The van der Waals surface area contributed by atoms with E-state index in [-0.39, 0.29) is 10.7 Å². The molecule has 0 aliphatic heterocycles. The highest BCUT2D eigenvalue weighted by Gasteiger charge is 2.31. The molecule has 0 aliphatic carbocycles. The third kappa shape index (κ3) is 5.40. The number of hydrogen-bond donors (Lipinski definition) is 2. The zero-order chi connectivity index (χ0) is 19.5. The van der Waals surface area contributed by atoms with E-state index in [0.29, 0.717) is 11.6 Å². The molecule has 0 fully saturated rings. The SMILES string of the molecule is O=C(Nc1cc(C(F)(F)F)ccc1Cl)N[C@H](c1ccc(F)cc1)C(Cl)Cl. The Kier molecular flexibility index (Phi) is 6.60. The monoisotopic (exact) mass is 428 g/mol. The first-order valence-electron chi connectivity index (χ1n) is 7.06. The van der Waals surface area contributed by atoms with Gasteiger partial charge in [-0.3, -0.25) is 0 Å². The molecule has 140 valence electrons. The summed E-state index contributed by atoms with van der Waals surface area (Å²) in [4.78, 5) is 11.0. The van der Waals surface area contributed by atoms with Gasteiger partial charge in [0.2, 0.25) is 0 Å². The van der Waals surface area contributed by atoms with Crippen molar-refractivity contribution in [3.05, 3.63) is 64.4 Å². The Bertz CT molecular complexity index is 782. The van der Waals surface area contributed by atoms with Crippen molar-refractivity contribution in [3.8, 4) is 0 Å². The van der Waals surface area contributed by atoms with Crippen LogP contribution in [0.2, 0.25) is 5.02 Å². The Labute approximate surface area is 161 Å². The van der Waals surface area contributed by atoms with Crippen molar-refractivity contribution in [2.45, 2.75) is 17.1 Å². The minimum absolute atomic E-state index is 0.0835. The summed E-state index contributed by atoms with van der Waals surface area (Å²) in [7, 11) is 0. The molecule has 2 amide bonds. The molecule has 0 bridgehead atoms. The lowest BCUT2D eigenvalue weighted by Crippen LogP contribution is -2.35. The number of amides is 2. The number of nitrogens with one attached hydrogen (secondary N) is 2. The van der Waals surface area contributed by atoms with E-state index >= 15 is 0 Å². The van der Waals surface area contributed by atoms with Gasteiger partial charge in [-0.2, -0.15) is 13.2 Å². The standard InChI is InChI=1S/C16H11Cl3F4N2O/c17-11-6-3-9(16(21,22)23)7-12(11)24-15(26)25-13(14(18)19)8-1-4-10(20)5-2-8/h1-7,13-14H,(H2,24,25,26)/t13-/m1/s1. The molecule has 0 spiro atoms. The highest BCUT2D eigenvalue weighted by atomic mass is 35.5. The summed E-state index contributed by atoms with van der Waals surface area (Å²) in [6.45, 7) is 0. The second-order valence-electron chi connectivity index (χ2n) is 5.15. The maximum Gasteiger partial charge on any atom is 0.416 e. The highest BCUT2D eigenvalue weighted by Crippen LogP contribution is 2.34. The van der Waals surface area contributed by atoms with Crippen LogP contribution in [0.15, 0.2) is 42.5 Å². The molecule has 0 aromatic heterocycles. The zero-order valence-electron chi connectivity index (χ0n) is 12.8. The first kappa shape index (κ1) is 20.6. The first-order chi connectivity index (χ1) is 12.1. The Hall–Kier alpha value is -1.70. The smallest absolute Gasteiger partial charge is 0.328 e. The van der Waals surface area contributed by atoms with Crippen LogP contribution < -0.4 is 10.6 Å². The van der Waals surface area contributed by atoms with Crippen molar-refractivity contribution in [2.24, 2.45) is 0 Å². The molecule has 0 aliphatic rings. The van der Waals surface area contributed by atoms with Crippen molar-refractivity contribution < 1.29 is 22.4 Å². The normalized spacial score (nSPS) is 12.8. The minimum Gasteiger partial charge on any atom is -0.328 e. The fraction of sp³-hybridized carbons (Fsp3) is 0.188. The Morgan fingerprint density at radius 3 is 2.19 bits per heavy atom. The van der Waals surface area contributed by atoms with Crippen LogP contribution in [-0.2, 0) is 6.18 Å². The number of urea groups is 1. The van der Waals surface area contributed by atoms with Gasteiger partial charge in [0.25, 0.3) is 0 Å². The predicted molar refractivity (Wildman–Crippen MR) is 93.2 cm³/mol. The quantitative estimate of drug-likeness (QED) is 0.443. The van der Waals surface area contributed by atoms with E-state index in [1.807, 2.05) is 0 Å². The van der Waals surface area contributed by atoms with E-state index in [2.05, 4.69) is 10.6 Å². The van der Waals surface area contributed by atoms with E-state index in [1.165, 1.54) is 12.1 Å². The van der Waals surface area contributed by atoms with Gasteiger partial charge in [0.15, 0.2) is 0 Å². The highest BCUT2D eigenvalue weighted by molar-refractivity contribution is 6.44. The van der Waals surface area contributed by atoms with Crippen molar-refractivity contribution in [3.63, 3.8) is 0 Å². The second kappa shape index (κ2) is 8.33. The number of halogens is 7. The summed E-state index contributed by atoms with van der Waals surface area (Å²) in [5.74, 6) is -0.492. The van der Waals surface area contributed by atoms with Crippen LogP contribution in [0.4, 0.5) is 28.0 Å². The molecule has 0 heterocycles. The largest absolute Gasteiger partial charge is 0.416 e. The van der Waals surface area contributed by atoms with Gasteiger partial charge < -0.3 is 10.6 Å². The summed E-state index contributed by atoms with van der Waals surface area (Å²) < 4.78 is 51.3. The summed E-state index contributed by atoms with van der Waals surface area (Å²) in [5.41, 5.74) is -0.802. The van der Waals surface area contributed by atoms with Gasteiger partial charge in [-0.25, -0.2) is 9.18 Å². The van der Waals surface area contributed by atoms with Crippen LogP contribution in [0.25, 0.3) is 0 Å². The van der Waals surface area contributed by atoms with Gasteiger partial charge in [-0.05, 0) is 35.9 Å². The first-order valence-corrected chi connectivity index (χ1v) is 8.31. The molecule has 1 atom stereocenters. The van der Waals surface area contributed by atoms with Gasteiger partial charge in [0.05, 0.1) is 22.3 Å². The lowest BCUT2D eigenvalue weighted by molar-refractivity contribution is -0.137. The summed E-state index contributed by atoms with van der Waals surface area (Å²) in [6.07, 6.45) is -4.59. The van der Waals surface area contributed by atoms with Crippen LogP contribution >= 0.6 is 34.8 Å². The molecule has 26 heavy (non-hydrogen) atoms. The van der Waals surface area contributed by atoms with Crippen LogP contribution in [-0.4, -0.2) is 10.9 Å². The minimum atomic E-state index is -4.59. The molecule has 2 aromatic carbocycles. The number of carbonyl (C=O) groups excluding carboxylic acids is 1. The molecule has 0 saturated carbocycles. The van der Waals surface area contributed by atoms with Crippen LogP contribution in [0.5, 0.6) is 0 Å². The lowest BCUT2D eigenvalue weighted by atomic mass is 10.1. The molecule has 2 rings (SSSR count). The van der Waals surface area contributed by atoms with E-state index in [0.717, 1.165) is 24.3 Å². The van der Waals surface area contributed by atoms with E-state index in [9.17, 15) is 22.4 Å². The van der Waals surface area contributed by atoms with Crippen LogP contribution in [0.3, 0.4) is 0 Å². The van der Waals surface area contributed by atoms with E-state index < -0.39 is 34.5 Å². The molecule has 2 aromatic rings. The fourth-order valence-electron chi connectivity index (χ4n) is 2.06. The van der Waals surface area contributed by atoms with E-state index in [4.69, 9.17) is 34.8 Å². The lowest BCUT2D eigenvalue weighted by Gasteiger charge is -2.21. The van der Waals surface area contributed by atoms with Crippen molar-refractivity contribution in [1.82, 2.24) is 5.32 Å². The second-order valence-corrected chi connectivity index (χ2v) is 6.73. The van der Waals surface area contributed by atoms with Crippen molar-refractivity contribution in [2.75, 3.05) is 5.32 Å². The number of hydrogen-bond acceptors (Lipinski definition) is 1. The van der Waals surface area contributed by atoms with Crippen LogP contribution in [0, 0.1) is 5.82 Å². The number of benzene rings is 2. The molecule has 0 unspecified atom stereocenters. The maximum absolute atomic E-state index is 13.0. The van der Waals surface area contributed by atoms with Gasteiger partial charge in [-0.15, -0.1) is 23.2 Å². The number of carbonyl (C=O) groups is 1. The number of rotatable bonds is 4. The topological polar surface area (TPSA) is 41.1 Å². The predicted octanol–water partition coefficient (Wildman–Crippen LogP) is 6.16. The molecule has 0 saturated heterocycles. The van der Waals surface area contributed by atoms with Crippen molar-refractivity contribution in [1.29, 1.82) is 0 Å². The maximum atomic E-state index is 13.0. The van der Waals surface area contributed by atoms with Gasteiger partial charge in [0, 0.05) is 0 Å². The Morgan fingerprint density at radius 1 is 1.04 bits per heavy atom. The Balaban J connectivity index is 2.17. The zero-order valence-corrected chi connectivity index (χ0v) is 15.0. The average molecular weight is 430 g/mol. The van der Waals surface area contributed by atoms with Gasteiger partial charge in [0.1, 0.15) is 10.7 Å². The number of alkyl halides is 5. The van der Waals surface area contributed by atoms with Crippen LogP contribution in [0.1, 0.15) is 17.2 Å². The average Bonchev–Trinajstić information content (AvgIpc) is 2.54. The molecular weight excluding hydrogens is 419 g/mol. The molecule has 3 nitrogen and oxygen atoms in total.